The summed E-state index contributed by atoms with van der Waals surface area (Å²) in [5, 5.41) is 2.28. The number of hydrogen-bond donors (Lipinski definition) is 1. The van der Waals surface area contributed by atoms with Crippen LogP contribution < -0.4 is 5.32 Å². The molecule has 0 aromatic rings. The van der Waals surface area contributed by atoms with Crippen LogP contribution in [-0.2, 0) is 23.8 Å². The number of carbonyl (C=O) groups excluding carboxylic acids is 3. The van der Waals surface area contributed by atoms with Crippen molar-refractivity contribution in [1.29, 1.82) is 0 Å². The highest BCUT2D eigenvalue weighted by Gasteiger charge is 2.59. The van der Waals surface area contributed by atoms with Crippen molar-refractivity contribution < 1.29 is 28.6 Å². The minimum atomic E-state index is -1.99. The van der Waals surface area contributed by atoms with E-state index in [-0.39, 0.29) is 6.61 Å². The van der Waals surface area contributed by atoms with Gasteiger partial charge in [-0.25, -0.2) is 4.79 Å². The van der Waals surface area contributed by atoms with Crippen LogP contribution in [0.15, 0.2) is 0 Å². The molecule has 114 valence electrons. The van der Waals surface area contributed by atoms with Crippen molar-refractivity contribution in [2.75, 3.05) is 6.61 Å². The zero-order valence-corrected chi connectivity index (χ0v) is 12.8. The van der Waals surface area contributed by atoms with Crippen LogP contribution in [0, 0.1) is 5.92 Å². The molecule has 0 radical (unpaired) electrons. The van der Waals surface area contributed by atoms with Gasteiger partial charge >= 0.3 is 12.1 Å². The molecule has 0 aromatic heterocycles. The maximum atomic E-state index is 11.5. The van der Waals surface area contributed by atoms with E-state index in [4.69, 9.17) is 39.5 Å². The summed E-state index contributed by atoms with van der Waals surface area (Å²) in [6, 6.07) is 0. The zero-order valence-electron chi connectivity index (χ0n) is 10.5. The standard InChI is InChI=1S/C10H12Cl3NO6/c1-3-18-9(17)20-8(11)10(12,13)5-6(16)14-7(5)19-4(2)15/h5,7-8H,3H2,1-2H3,(H,14,16). The van der Waals surface area contributed by atoms with Gasteiger partial charge in [0, 0.05) is 6.92 Å². The molecule has 1 amide bonds. The summed E-state index contributed by atoms with van der Waals surface area (Å²) in [6.45, 7) is 2.79. The molecule has 20 heavy (non-hydrogen) atoms. The largest absolute Gasteiger partial charge is 0.509 e. The Hall–Kier alpha value is -0.920. The van der Waals surface area contributed by atoms with E-state index in [9.17, 15) is 14.4 Å². The molecular formula is C10H12Cl3NO6. The molecule has 0 bridgehead atoms. The summed E-state index contributed by atoms with van der Waals surface area (Å²) >= 11 is 17.7. The van der Waals surface area contributed by atoms with Gasteiger partial charge in [0.1, 0.15) is 5.92 Å². The minimum absolute atomic E-state index is 0.0694. The van der Waals surface area contributed by atoms with Gasteiger partial charge in [0.05, 0.1) is 6.61 Å². The third-order valence-electron chi connectivity index (χ3n) is 2.34. The van der Waals surface area contributed by atoms with Crippen LogP contribution in [0.25, 0.3) is 0 Å². The number of amides is 1. The molecule has 7 nitrogen and oxygen atoms in total. The van der Waals surface area contributed by atoms with E-state index < -0.39 is 40.1 Å². The second-order valence-electron chi connectivity index (χ2n) is 3.81. The third-order valence-corrected chi connectivity index (χ3v) is 3.87. The summed E-state index contributed by atoms with van der Waals surface area (Å²) in [4.78, 5) is 33.5. The molecule has 3 atom stereocenters. The van der Waals surface area contributed by atoms with E-state index in [2.05, 4.69) is 14.8 Å². The lowest BCUT2D eigenvalue weighted by atomic mass is 9.94. The highest BCUT2D eigenvalue weighted by atomic mass is 35.5. The molecule has 10 heteroatoms. The number of carbonyl (C=O) groups is 3. The van der Waals surface area contributed by atoms with Crippen LogP contribution in [-0.4, -0.2) is 40.8 Å². The maximum Gasteiger partial charge on any atom is 0.509 e. The van der Waals surface area contributed by atoms with Crippen molar-refractivity contribution in [2.24, 2.45) is 5.92 Å². The van der Waals surface area contributed by atoms with E-state index in [1.165, 1.54) is 0 Å². The van der Waals surface area contributed by atoms with E-state index >= 15 is 0 Å². The molecule has 1 N–H and O–H groups in total. The Morgan fingerprint density at radius 3 is 2.50 bits per heavy atom. The number of esters is 1. The van der Waals surface area contributed by atoms with Crippen molar-refractivity contribution >= 4 is 52.8 Å². The summed E-state index contributed by atoms with van der Waals surface area (Å²) in [5.41, 5.74) is -1.57. The molecule has 0 spiro atoms. The lowest BCUT2D eigenvalue weighted by molar-refractivity contribution is -0.169. The van der Waals surface area contributed by atoms with Crippen LogP contribution in [0.1, 0.15) is 13.8 Å². The molecule has 1 aliphatic rings. The Kier molecular flexibility index (Phi) is 5.73. The van der Waals surface area contributed by atoms with E-state index in [0.29, 0.717) is 0 Å². The number of β-lactam (4-membered cyclic amide) rings is 1. The number of alkyl halides is 3. The van der Waals surface area contributed by atoms with Crippen molar-refractivity contribution in [2.45, 2.75) is 30.0 Å². The number of nitrogens with one attached hydrogen (secondary N) is 1. The first-order chi connectivity index (χ1) is 9.20. The number of rotatable bonds is 5. The van der Waals surface area contributed by atoms with Crippen molar-refractivity contribution in [3.8, 4) is 0 Å². The second kappa shape index (κ2) is 6.69. The van der Waals surface area contributed by atoms with Gasteiger partial charge < -0.3 is 19.5 Å². The summed E-state index contributed by atoms with van der Waals surface area (Å²) in [7, 11) is 0. The highest BCUT2D eigenvalue weighted by molar-refractivity contribution is 6.53. The number of hydrogen-bond acceptors (Lipinski definition) is 6. The van der Waals surface area contributed by atoms with Crippen LogP contribution >= 0.6 is 34.8 Å². The Bertz CT molecular complexity index is 416. The zero-order chi connectivity index (χ0) is 15.5. The van der Waals surface area contributed by atoms with E-state index in [1.807, 2.05) is 0 Å². The van der Waals surface area contributed by atoms with Gasteiger partial charge in [-0.15, -0.1) is 0 Å². The number of ether oxygens (including phenoxy) is 3. The Balaban J connectivity index is 2.72. The van der Waals surface area contributed by atoms with Gasteiger partial charge in [0.15, 0.2) is 10.6 Å². The topological polar surface area (TPSA) is 90.9 Å². The Morgan fingerprint density at radius 2 is 2.05 bits per heavy atom. The first-order valence-electron chi connectivity index (χ1n) is 5.53. The van der Waals surface area contributed by atoms with Gasteiger partial charge in [-0.1, -0.05) is 34.8 Å². The molecule has 0 aliphatic carbocycles. The summed E-state index contributed by atoms with van der Waals surface area (Å²) in [5.74, 6) is -2.40. The molecular weight excluding hydrogens is 336 g/mol. The molecule has 1 aliphatic heterocycles. The molecule has 1 saturated heterocycles. The Morgan fingerprint density at radius 1 is 1.45 bits per heavy atom. The summed E-state index contributed by atoms with van der Waals surface area (Å²) in [6.07, 6.45) is -2.12. The SMILES string of the molecule is CCOC(=O)OC(Cl)C(Cl)(Cl)C1C(=O)NC1OC(C)=O. The summed E-state index contributed by atoms with van der Waals surface area (Å²) < 4.78 is 11.9. The average Bonchev–Trinajstić information content (AvgIpc) is 2.26. The lowest BCUT2D eigenvalue weighted by Gasteiger charge is -2.42. The van der Waals surface area contributed by atoms with Gasteiger partial charge in [-0.3, -0.25) is 9.59 Å². The van der Waals surface area contributed by atoms with Crippen molar-refractivity contribution in [3.63, 3.8) is 0 Å². The van der Waals surface area contributed by atoms with Crippen LogP contribution in [0.2, 0.25) is 0 Å². The third kappa shape index (κ3) is 3.80. The fourth-order valence-electron chi connectivity index (χ4n) is 1.46. The van der Waals surface area contributed by atoms with Crippen molar-refractivity contribution in [3.05, 3.63) is 0 Å². The normalized spacial score (nSPS) is 23.1. The predicted octanol–water partition coefficient (Wildman–Crippen LogP) is 1.53. The molecule has 0 saturated carbocycles. The maximum absolute atomic E-state index is 11.5. The molecule has 1 fully saturated rings. The van der Waals surface area contributed by atoms with Gasteiger partial charge in [0.25, 0.3) is 0 Å². The first-order valence-corrected chi connectivity index (χ1v) is 6.72. The fourth-order valence-corrected chi connectivity index (χ4v) is 2.19. The highest BCUT2D eigenvalue weighted by Crippen LogP contribution is 2.43. The van der Waals surface area contributed by atoms with Gasteiger partial charge in [-0.05, 0) is 6.92 Å². The fraction of sp³-hybridized carbons (Fsp3) is 0.700. The van der Waals surface area contributed by atoms with E-state index in [1.54, 1.807) is 6.92 Å². The van der Waals surface area contributed by atoms with Crippen LogP contribution in [0.3, 0.4) is 0 Å². The van der Waals surface area contributed by atoms with Crippen LogP contribution in [0.4, 0.5) is 4.79 Å². The number of halogens is 3. The predicted molar refractivity (Wildman–Crippen MR) is 69.4 cm³/mol. The minimum Gasteiger partial charge on any atom is -0.441 e. The Labute approximate surface area is 129 Å². The molecule has 3 unspecified atom stereocenters. The molecule has 1 rings (SSSR count). The van der Waals surface area contributed by atoms with Gasteiger partial charge in [-0.2, -0.15) is 0 Å². The first kappa shape index (κ1) is 17.1. The van der Waals surface area contributed by atoms with E-state index in [0.717, 1.165) is 6.92 Å². The molecule has 0 aromatic carbocycles. The van der Waals surface area contributed by atoms with Gasteiger partial charge in [0.2, 0.25) is 11.5 Å². The second-order valence-corrected chi connectivity index (χ2v) is 5.65. The smallest absolute Gasteiger partial charge is 0.441 e. The quantitative estimate of drug-likeness (QED) is 0.460. The van der Waals surface area contributed by atoms with Crippen molar-refractivity contribution in [1.82, 2.24) is 5.32 Å². The lowest BCUT2D eigenvalue weighted by Crippen LogP contribution is -2.67. The molecule has 1 heterocycles. The van der Waals surface area contributed by atoms with Crippen LogP contribution in [0.5, 0.6) is 0 Å². The monoisotopic (exact) mass is 347 g/mol. The average molecular weight is 349 g/mol.